The number of rotatable bonds is 2. The van der Waals surface area contributed by atoms with E-state index < -0.39 is 17.6 Å². The van der Waals surface area contributed by atoms with E-state index in [0.29, 0.717) is 31.2 Å². The average Bonchev–Trinajstić information content (AvgIpc) is 2.64. The van der Waals surface area contributed by atoms with Crippen LogP contribution in [-0.2, 0) is 9.59 Å². The first-order chi connectivity index (χ1) is 12.4. The number of benzene rings is 2. The molecular formula is C18H16Cl2FN3O2. The molecule has 8 heteroatoms. The van der Waals surface area contributed by atoms with Gasteiger partial charge in [0.05, 0.1) is 5.02 Å². The zero-order valence-electron chi connectivity index (χ0n) is 13.7. The van der Waals surface area contributed by atoms with Gasteiger partial charge in [-0.25, -0.2) is 4.39 Å². The number of piperazine rings is 1. The fourth-order valence-electron chi connectivity index (χ4n) is 2.74. The van der Waals surface area contributed by atoms with Crippen LogP contribution < -0.4 is 10.2 Å². The van der Waals surface area contributed by atoms with Crippen molar-refractivity contribution in [3.05, 3.63) is 58.3 Å². The van der Waals surface area contributed by atoms with Crippen LogP contribution in [0.4, 0.5) is 15.8 Å². The van der Waals surface area contributed by atoms with E-state index in [0.717, 1.165) is 11.8 Å². The molecule has 0 aliphatic carbocycles. The molecule has 1 heterocycles. The second kappa shape index (κ2) is 7.93. The number of hydrogen-bond donors (Lipinski definition) is 1. The SMILES string of the molecule is O=C(Nc1ccc(F)c(Cl)c1)C(=O)N1CCN(c2cccc(Cl)c2)CC1. The van der Waals surface area contributed by atoms with Crippen molar-refractivity contribution in [2.24, 2.45) is 0 Å². The normalized spacial score (nSPS) is 14.3. The highest BCUT2D eigenvalue weighted by molar-refractivity contribution is 6.39. The lowest BCUT2D eigenvalue weighted by Gasteiger charge is -2.35. The summed E-state index contributed by atoms with van der Waals surface area (Å²) in [6.45, 7) is 2.04. The van der Waals surface area contributed by atoms with Crippen LogP contribution in [0.15, 0.2) is 42.5 Å². The van der Waals surface area contributed by atoms with E-state index in [1.165, 1.54) is 17.0 Å². The van der Waals surface area contributed by atoms with Gasteiger partial charge >= 0.3 is 11.8 Å². The lowest BCUT2D eigenvalue weighted by Crippen LogP contribution is -2.51. The number of hydrogen-bond acceptors (Lipinski definition) is 3. The molecule has 0 unspecified atom stereocenters. The van der Waals surface area contributed by atoms with Crippen molar-refractivity contribution in [3.8, 4) is 0 Å². The molecule has 3 rings (SSSR count). The highest BCUT2D eigenvalue weighted by Crippen LogP contribution is 2.21. The maximum absolute atomic E-state index is 13.2. The van der Waals surface area contributed by atoms with E-state index >= 15 is 0 Å². The van der Waals surface area contributed by atoms with Gasteiger partial charge in [-0.2, -0.15) is 0 Å². The van der Waals surface area contributed by atoms with E-state index in [1.807, 2.05) is 18.2 Å². The summed E-state index contributed by atoms with van der Waals surface area (Å²) in [6.07, 6.45) is 0. The standard InChI is InChI=1S/C18H16Cl2FN3O2/c19-12-2-1-3-14(10-12)23-6-8-24(9-7-23)18(26)17(25)22-13-4-5-16(21)15(20)11-13/h1-5,10-11H,6-9H2,(H,22,25). The Balaban J connectivity index is 1.57. The maximum Gasteiger partial charge on any atom is 0.313 e. The monoisotopic (exact) mass is 395 g/mol. The Bertz CT molecular complexity index is 839. The Morgan fingerprint density at radius 3 is 2.38 bits per heavy atom. The van der Waals surface area contributed by atoms with Gasteiger partial charge in [0, 0.05) is 42.6 Å². The maximum atomic E-state index is 13.2. The lowest BCUT2D eigenvalue weighted by atomic mass is 10.2. The Morgan fingerprint density at radius 2 is 1.73 bits per heavy atom. The summed E-state index contributed by atoms with van der Waals surface area (Å²) in [4.78, 5) is 28.0. The molecule has 26 heavy (non-hydrogen) atoms. The Labute approximate surface area is 160 Å². The van der Waals surface area contributed by atoms with E-state index in [4.69, 9.17) is 23.2 Å². The van der Waals surface area contributed by atoms with E-state index in [9.17, 15) is 14.0 Å². The predicted octanol–water partition coefficient (Wildman–Crippen LogP) is 3.42. The molecule has 1 saturated heterocycles. The van der Waals surface area contributed by atoms with Crippen molar-refractivity contribution >= 4 is 46.4 Å². The summed E-state index contributed by atoms with van der Waals surface area (Å²) < 4.78 is 13.2. The first kappa shape index (κ1) is 18.5. The van der Waals surface area contributed by atoms with Crippen molar-refractivity contribution in [1.82, 2.24) is 4.90 Å². The largest absolute Gasteiger partial charge is 0.368 e. The van der Waals surface area contributed by atoms with Crippen molar-refractivity contribution in [1.29, 1.82) is 0 Å². The van der Waals surface area contributed by atoms with Gasteiger partial charge in [0.2, 0.25) is 0 Å². The quantitative estimate of drug-likeness (QED) is 0.792. The second-order valence-electron chi connectivity index (χ2n) is 5.84. The number of amides is 2. The first-order valence-electron chi connectivity index (χ1n) is 8.00. The van der Waals surface area contributed by atoms with E-state index in [1.54, 1.807) is 6.07 Å². The first-order valence-corrected chi connectivity index (χ1v) is 8.75. The molecule has 2 aromatic rings. The Kier molecular flexibility index (Phi) is 5.64. The van der Waals surface area contributed by atoms with Gasteiger partial charge in [-0.15, -0.1) is 0 Å². The van der Waals surface area contributed by atoms with Crippen LogP contribution in [0.25, 0.3) is 0 Å². The summed E-state index contributed by atoms with van der Waals surface area (Å²) in [7, 11) is 0. The number of carbonyl (C=O) groups is 2. The third kappa shape index (κ3) is 4.26. The summed E-state index contributed by atoms with van der Waals surface area (Å²) >= 11 is 11.7. The molecule has 2 amide bonds. The van der Waals surface area contributed by atoms with Crippen LogP contribution in [0.3, 0.4) is 0 Å². The van der Waals surface area contributed by atoms with E-state index in [-0.39, 0.29) is 10.7 Å². The molecule has 0 spiro atoms. The molecule has 0 bridgehead atoms. The van der Waals surface area contributed by atoms with Gasteiger partial charge < -0.3 is 15.1 Å². The van der Waals surface area contributed by atoms with Crippen molar-refractivity contribution in [2.75, 3.05) is 36.4 Å². The summed E-state index contributed by atoms with van der Waals surface area (Å²) in [5.41, 5.74) is 1.25. The van der Waals surface area contributed by atoms with Crippen molar-refractivity contribution < 1.29 is 14.0 Å². The molecule has 136 valence electrons. The molecule has 0 radical (unpaired) electrons. The van der Waals surface area contributed by atoms with E-state index in [2.05, 4.69) is 10.2 Å². The van der Waals surface area contributed by atoms with Crippen LogP contribution in [0.1, 0.15) is 0 Å². The molecule has 2 aromatic carbocycles. The van der Waals surface area contributed by atoms with Gasteiger partial charge in [0.25, 0.3) is 0 Å². The van der Waals surface area contributed by atoms with Crippen LogP contribution in [0.2, 0.25) is 10.0 Å². The summed E-state index contributed by atoms with van der Waals surface area (Å²) in [5, 5.41) is 2.98. The average molecular weight is 396 g/mol. The molecule has 1 aliphatic rings. The molecule has 5 nitrogen and oxygen atoms in total. The number of halogens is 3. The van der Waals surface area contributed by atoms with Gasteiger partial charge in [-0.3, -0.25) is 9.59 Å². The molecule has 1 aliphatic heterocycles. The fourth-order valence-corrected chi connectivity index (χ4v) is 3.11. The molecule has 1 fully saturated rings. The number of nitrogens with one attached hydrogen (secondary N) is 1. The van der Waals surface area contributed by atoms with Crippen LogP contribution in [0.5, 0.6) is 0 Å². The number of anilines is 2. The third-order valence-corrected chi connectivity index (χ3v) is 4.64. The van der Waals surface area contributed by atoms with Crippen molar-refractivity contribution in [2.45, 2.75) is 0 Å². The van der Waals surface area contributed by atoms with Crippen LogP contribution >= 0.6 is 23.2 Å². The minimum absolute atomic E-state index is 0.120. The zero-order chi connectivity index (χ0) is 18.7. The van der Waals surface area contributed by atoms with Gasteiger partial charge in [-0.1, -0.05) is 29.3 Å². The minimum atomic E-state index is -0.774. The van der Waals surface area contributed by atoms with Crippen LogP contribution in [-0.4, -0.2) is 42.9 Å². The molecule has 0 atom stereocenters. The Hall–Kier alpha value is -2.31. The topological polar surface area (TPSA) is 52.7 Å². The second-order valence-corrected chi connectivity index (χ2v) is 6.69. The van der Waals surface area contributed by atoms with Gasteiger partial charge in [0.1, 0.15) is 5.82 Å². The van der Waals surface area contributed by atoms with Gasteiger partial charge in [-0.05, 0) is 36.4 Å². The molecule has 1 N–H and O–H groups in total. The fraction of sp³-hybridized carbons (Fsp3) is 0.222. The third-order valence-electron chi connectivity index (χ3n) is 4.11. The number of carbonyl (C=O) groups excluding carboxylic acids is 2. The summed E-state index contributed by atoms with van der Waals surface area (Å²) in [6, 6.07) is 11.2. The zero-order valence-corrected chi connectivity index (χ0v) is 15.2. The highest BCUT2D eigenvalue weighted by Gasteiger charge is 2.26. The van der Waals surface area contributed by atoms with Crippen molar-refractivity contribution in [3.63, 3.8) is 0 Å². The smallest absolute Gasteiger partial charge is 0.313 e. The minimum Gasteiger partial charge on any atom is -0.368 e. The molecular weight excluding hydrogens is 380 g/mol. The van der Waals surface area contributed by atoms with Gasteiger partial charge in [0.15, 0.2) is 0 Å². The highest BCUT2D eigenvalue weighted by atomic mass is 35.5. The molecule has 0 aromatic heterocycles. The summed E-state index contributed by atoms with van der Waals surface area (Å²) in [5.74, 6) is -1.99. The lowest BCUT2D eigenvalue weighted by molar-refractivity contribution is -0.143. The predicted molar refractivity (Wildman–Crippen MR) is 100 cm³/mol. The van der Waals surface area contributed by atoms with Crippen LogP contribution in [0, 0.1) is 5.82 Å². The Morgan fingerprint density at radius 1 is 1.00 bits per heavy atom. The number of nitrogens with zero attached hydrogens (tertiary/aromatic N) is 2. The molecule has 0 saturated carbocycles.